The quantitative estimate of drug-likeness (QED) is 0.779. The number of allylic oxidation sites excluding steroid dienone is 1. The molecule has 0 saturated heterocycles. The second-order valence-corrected chi connectivity index (χ2v) is 3.43. The topological polar surface area (TPSA) is 62.2 Å². The Morgan fingerprint density at radius 1 is 1.79 bits per heavy atom. The molecular weight excluding hydrogens is 200 g/mol. The van der Waals surface area contributed by atoms with Gasteiger partial charge in [-0.3, -0.25) is 4.79 Å². The summed E-state index contributed by atoms with van der Waals surface area (Å²) >= 11 is 1.41. The normalized spacial score (nSPS) is 10.7. The van der Waals surface area contributed by atoms with Crippen LogP contribution in [0.2, 0.25) is 0 Å². The van der Waals surface area contributed by atoms with Crippen LogP contribution in [0.15, 0.2) is 11.6 Å². The molecular formula is C9H12N2O2S. The molecule has 1 aromatic rings. The van der Waals surface area contributed by atoms with E-state index in [1.165, 1.54) is 11.3 Å². The van der Waals surface area contributed by atoms with Gasteiger partial charge in [0.05, 0.1) is 17.0 Å². The smallest absolute Gasteiger partial charge is 0.271 e. The van der Waals surface area contributed by atoms with Crippen molar-refractivity contribution < 1.29 is 9.90 Å². The second kappa shape index (κ2) is 5.51. The van der Waals surface area contributed by atoms with Gasteiger partial charge in [0, 0.05) is 6.54 Å². The second-order valence-electron chi connectivity index (χ2n) is 2.54. The molecule has 5 heteroatoms. The lowest BCUT2D eigenvalue weighted by atomic mass is 10.3. The molecule has 0 saturated carbocycles. The lowest BCUT2D eigenvalue weighted by Gasteiger charge is -2.00. The van der Waals surface area contributed by atoms with Crippen molar-refractivity contribution in [3.8, 4) is 0 Å². The Morgan fingerprint density at radius 2 is 2.57 bits per heavy atom. The number of nitrogens with zero attached hydrogens (tertiary/aromatic N) is 1. The minimum absolute atomic E-state index is 0.0607. The van der Waals surface area contributed by atoms with Crippen molar-refractivity contribution >= 4 is 23.3 Å². The number of rotatable bonds is 4. The van der Waals surface area contributed by atoms with E-state index in [9.17, 15) is 4.79 Å². The minimum atomic E-state index is -0.242. The molecule has 0 atom stereocenters. The van der Waals surface area contributed by atoms with Crippen molar-refractivity contribution in [2.24, 2.45) is 0 Å². The summed E-state index contributed by atoms with van der Waals surface area (Å²) in [6, 6.07) is 0. The number of carbonyl (C=O) groups excluding carboxylic acids is 1. The number of hydrogen-bond donors (Lipinski definition) is 2. The van der Waals surface area contributed by atoms with Gasteiger partial charge in [0.25, 0.3) is 5.91 Å². The van der Waals surface area contributed by atoms with E-state index in [1.54, 1.807) is 5.51 Å². The molecule has 2 N–H and O–H groups in total. The number of carbonyl (C=O) groups is 1. The third-order valence-corrected chi connectivity index (χ3v) is 2.32. The number of amides is 1. The Morgan fingerprint density at radius 3 is 3.21 bits per heavy atom. The highest BCUT2D eigenvalue weighted by atomic mass is 32.1. The number of aliphatic hydroxyl groups excluding tert-OH is 1. The first kappa shape index (κ1) is 10.9. The third-order valence-electron chi connectivity index (χ3n) is 1.53. The standard InChI is InChI=1S/C9H12N2O2S/c1-2-3-7-8(11-6-14-7)9(13)10-4-5-12/h2-3,6,12H,4-5H2,1H3,(H,10,13)/b3-2-. The lowest BCUT2D eigenvalue weighted by molar-refractivity contribution is 0.0940. The van der Waals surface area contributed by atoms with E-state index >= 15 is 0 Å². The molecule has 0 spiro atoms. The van der Waals surface area contributed by atoms with Gasteiger partial charge in [-0.25, -0.2) is 4.98 Å². The first-order valence-corrected chi connectivity index (χ1v) is 5.12. The molecule has 1 heterocycles. The predicted molar refractivity (Wildman–Crippen MR) is 56.2 cm³/mol. The summed E-state index contributed by atoms with van der Waals surface area (Å²) in [6.45, 7) is 2.08. The van der Waals surface area contributed by atoms with Gasteiger partial charge >= 0.3 is 0 Å². The summed E-state index contributed by atoms with van der Waals surface area (Å²) in [5, 5.41) is 11.1. The summed E-state index contributed by atoms with van der Waals surface area (Å²) in [6.07, 6.45) is 3.70. The van der Waals surface area contributed by atoms with Crippen LogP contribution in [0.25, 0.3) is 6.08 Å². The van der Waals surface area contributed by atoms with Crippen LogP contribution >= 0.6 is 11.3 Å². The van der Waals surface area contributed by atoms with Gasteiger partial charge in [-0.2, -0.15) is 0 Å². The molecule has 0 bridgehead atoms. The van der Waals surface area contributed by atoms with Crippen LogP contribution in [-0.2, 0) is 0 Å². The molecule has 0 radical (unpaired) electrons. The van der Waals surface area contributed by atoms with Crippen molar-refractivity contribution in [1.82, 2.24) is 10.3 Å². The van der Waals surface area contributed by atoms with E-state index in [2.05, 4.69) is 10.3 Å². The van der Waals surface area contributed by atoms with Crippen molar-refractivity contribution in [2.75, 3.05) is 13.2 Å². The number of hydrogen-bond acceptors (Lipinski definition) is 4. The first-order chi connectivity index (χ1) is 6.79. The molecule has 1 aromatic heterocycles. The Balaban J connectivity index is 2.73. The zero-order valence-corrected chi connectivity index (χ0v) is 8.67. The van der Waals surface area contributed by atoms with Gasteiger partial charge in [-0.1, -0.05) is 6.08 Å². The van der Waals surface area contributed by atoms with E-state index in [-0.39, 0.29) is 19.1 Å². The molecule has 0 aliphatic heterocycles. The zero-order chi connectivity index (χ0) is 10.4. The van der Waals surface area contributed by atoms with Crippen LogP contribution in [0.5, 0.6) is 0 Å². The summed E-state index contributed by atoms with van der Waals surface area (Å²) in [7, 11) is 0. The fourth-order valence-corrected chi connectivity index (χ4v) is 1.69. The third kappa shape index (κ3) is 2.65. The van der Waals surface area contributed by atoms with Crippen LogP contribution in [0.4, 0.5) is 0 Å². The Hall–Kier alpha value is -1.20. The van der Waals surface area contributed by atoms with Crippen LogP contribution in [0.1, 0.15) is 22.3 Å². The van der Waals surface area contributed by atoms with Gasteiger partial charge in [0.15, 0.2) is 0 Å². The number of thiazole rings is 1. The van der Waals surface area contributed by atoms with E-state index in [1.807, 2.05) is 19.1 Å². The van der Waals surface area contributed by atoms with E-state index < -0.39 is 0 Å². The van der Waals surface area contributed by atoms with Crippen LogP contribution < -0.4 is 5.32 Å². The molecule has 0 aliphatic carbocycles. The molecule has 1 rings (SSSR count). The van der Waals surface area contributed by atoms with Crippen molar-refractivity contribution in [1.29, 1.82) is 0 Å². The lowest BCUT2D eigenvalue weighted by Crippen LogP contribution is -2.27. The van der Waals surface area contributed by atoms with Crippen molar-refractivity contribution in [3.63, 3.8) is 0 Å². The van der Waals surface area contributed by atoms with Crippen LogP contribution in [0.3, 0.4) is 0 Å². The summed E-state index contributed by atoms with van der Waals surface area (Å²) in [5.41, 5.74) is 2.05. The fourth-order valence-electron chi connectivity index (χ4n) is 0.949. The molecule has 14 heavy (non-hydrogen) atoms. The minimum Gasteiger partial charge on any atom is -0.395 e. The molecule has 0 unspecified atom stereocenters. The van der Waals surface area contributed by atoms with Crippen molar-refractivity contribution in [3.05, 3.63) is 22.2 Å². The van der Waals surface area contributed by atoms with Gasteiger partial charge in [0.1, 0.15) is 5.69 Å². The summed E-state index contributed by atoms with van der Waals surface area (Å²) in [5.74, 6) is -0.242. The van der Waals surface area contributed by atoms with Gasteiger partial charge in [-0.15, -0.1) is 11.3 Å². The SMILES string of the molecule is C/C=C\c1scnc1C(=O)NCCO. The van der Waals surface area contributed by atoms with Gasteiger partial charge in [0.2, 0.25) is 0 Å². The van der Waals surface area contributed by atoms with E-state index in [4.69, 9.17) is 5.11 Å². The maximum absolute atomic E-state index is 11.4. The van der Waals surface area contributed by atoms with Crippen molar-refractivity contribution in [2.45, 2.75) is 6.92 Å². The molecule has 76 valence electrons. The Labute approximate surface area is 86.3 Å². The van der Waals surface area contributed by atoms with E-state index in [0.29, 0.717) is 5.69 Å². The van der Waals surface area contributed by atoms with Crippen LogP contribution in [0, 0.1) is 0 Å². The molecule has 0 aliphatic rings. The highest BCUT2D eigenvalue weighted by Crippen LogP contribution is 2.14. The number of aliphatic hydroxyl groups is 1. The van der Waals surface area contributed by atoms with Gasteiger partial charge < -0.3 is 10.4 Å². The van der Waals surface area contributed by atoms with Crippen LogP contribution in [-0.4, -0.2) is 29.1 Å². The maximum Gasteiger partial charge on any atom is 0.271 e. The Kier molecular flexibility index (Phi) is 4.28. The predicted octanol–water partition coefficient (Wildman–Crippen LogP) is 0.898. The summed E-state index contributed by atoms with van der Waals surface area (Å²) in [4.78, 5) is 16.2. The van der Waals surface area contributed by atoms with Gasteiger partial charge in [-0.05, 0) is 13.0 Å². The average Bonchev–Trinajstić information content (AvgIpc) is 2.63. The zero-order valence-electron chi connectivity index (χ0n) is 7.86. The first-order valence-electron chi connectivity index (χ1n) is 4.24. The monoisotopic (exact) mass is 212 g/mol. The highest BCUT2D eigenvalue weighted by Gasteiger charge is 2.11. The summed E-state index contributed by atoms with van der Waals surface area (Å²) < 4.78 is 0. The maximum atomic E-state index is 11.4. The average molecular weight is 212 g/mol. The largest absolute Gasteiger partial charge is 0.395 e. The van der Waals surface area contributed by atoms with E-state index in [0.717, 1.165) is 4.88 Å². The molecule has 0 fully saturated rings. The molecule has 4 nitrogen and oxygen atoms in total. The Bertz CT molecular complexity index is 333. The highest BCUT2D eigenvalue weighted by molar-refractivity contribution is 7.10. The molecule has 1 amide bonds. The number of nitrogens with one attached hydrogen (secondary N) is 1. The number of aromatic nitrogens is 1. The molecule has 0 aromatic carbocycles. The fraction of sp³-hybridized carbons (Fsp3) is 0.333.